The first-order valence-corrected chi connectivity index (χ1v) is 8.45. The quantitative estimate of drug-likeness (QED) is 0.840. The van der Waals surface area contributed by atoms with Crippen LogP contribution < -0.4 is 15.0 Å². The van der Waals surface area contributed by atoms with Gasteiger partial charge in [-0.15, -0.1) is 0 Å². The molecule has 0 aromatic heterocycles. The number of nitrogens with one attached hydrogen (secondary N) is 1. The van der Waals surface area contributed by atoms with Crippen molar-refractivity contribution in [3.63, 3.8) is 0 Å². The number of nitrogens with zero attached hydrogens (tertiary/aromatic N) is 1. The highest BCUT2D eigenvalue weighted by Gasteiger charge is 2.34. The molecule has 0 bridgehead atoms. The van der Waals surface area contributed by atoms with Gasteiger partial charge in [0.25, 0.3) is 5.91 Å². The molecular formula is C20H20N2O4. The molecule has 1 unspecified atom stereocenters. The summed E-state index contributed by atoms with van der Waals surface area (Å²) in [5.74, 6) is -0.115. The van der Waals surface area contributed by atoms with Gasteiger partial charge >= 0.3 is 0 Å². The molecule has 1 aliphatic heterocycles. The summed E-state index contributed by atoms with van der Waals surface area (Å²) in [5, 5.41) is 2.80. The van der Waals surface area contributed by atoms with Crippen LogP contribution in [-0.4, -0.2) is 30.7 Å². The minimum atomic E-state index is -0.642. The number of carbonyl (C=O) groups excluding carboxylic acids is 3. The third-order valence-corrected chi connectivity index (χ3v) is 4.19. The molecule has 3 rings (SSSR count). The number of aryl methyl sites for hydroxylation is 1. The Morgan fingerprint density at radius 1 is 1.27 bits per heavy atom. The Kier molecular flexibility index (Phi) is 5.02. The molecule has 134 valence electrons. The zero-order valence-electron chi connectivity index (χ0n) is 14.7. The summed E-state index contributed by atoms with van der Waals surface area (Å²) in [4.78, 5) is 37.6. The Hall–Kier alpha value is -3.15. The molecule has 0 radical (unpaired) electrons. The standard InChI is InChI=1S/C20H20N2O4/c1-3-17-20(25)22(16-10-14(12-23)7-8-18(16)26-17)11-19(24)21-15-6-4-5-13(2)9-15/h4-10,12,17H,3,11H2,1-2H3,(H,21,24). The summed E-state index contributed by atoms with van der Waals surface area (Å²) in [6.45, 7) is 3.63. The number of benzene rings is 2. The molecule has 1 aliphatic rings. The number of aldehydes is 1. The van der Waals surface area contributed by atoms with Crippen molar-refractivity contribution < 1.29 is 19.1 Å². The van der Waals surface area contributed by atoms with Gasteiger partial charge in [0.15, 0.2) is 6.10 Å². The molecule has 0 saturated heterocycles. The fraction of sp³-hybridized carbons (Fsp3) is 0.250. The molecule has 0 aliphatic carbocycles. The van der Waals surface area contributed by atoms with Crippen molar-refractivity contribution in [3.05, 3.63) is 53.6 Å². The molecule has 0 fully saturated rings. The molecule has 26 heavy (non-hydrogen) atoms. The summed E-state index contributed by atoms with van der Waals surface area (Å²) >= 11 is 0. The fourth-order valence-electron chi connectivity index (χ4n) is 2.90. The lowest BCUT2D eigenvalue weighted by molar-refractivity contribution is -0.128. The summed E-state index contributed by atoms with van der Waals surface area (Å²) in [6, 6.07) is 12.3. The zero-order chi connectivity index (χ0) is 18.7. The number of hydrogen-bond acceptors (Lipinski definition) is 4. The van der Waals surface area contributed by atoms with Crippen LogP contribution in [0.25, 0.3) is 0 Å². The smallest absolute Gasteiger partial charge is 0.268 e. The summed E-state index contributed by atoms with van der Waals surface area (Å²) < 4.78 is 5.70. The molecule has 6 heteroatoms. The zero-order valence-corrected chi connectivity index (χ0v) is 14.7. The van der Waals surface area contributed by atoms with Gasteiger partial charge in [0.1, 0.15) is 18.6 Å². The largest absolute Gasteiger partial charge is 0.478 e. The van der Waals surface area contributed by atoms with Gasteiger partial charge in [-0.05, 0) is 49.2 Å². The maximum atomic E-state index is 12.7. The van der Waals surface area contributed by atoms with E-state index in [-0.39, 0.29) is 18.4 Å². The normalized spacial score (nSPS) is 15.8. The van der Waals surface area contributed by atoms with Gasteiger partial charge in [-0.25, -0.2) is 0 Å². The third-order valence-electron chi connectivity index (χ3n) is 4.19. The second-order valence-electron chi connectivity index (χ2n) is 6.20. The van der Waals surface area contributed by atoms with Crippen LogP contribution >= 0.6 is 0 Å². The minimum absolute atomic E-state index is 0.151. The lowest BCUT2D eigenvalue weighted by Gasteiger charge is -2.33. The van der Waals surface area contributed by atoms with Gasteiger partial charge in [-0.2, -0.15) is 0 Å². The number of ether oxygens (including phenoxy) is 1. The molecule has 1 heterocycles. The summed E-state index contributed by atoms with van der Waals surface area (Å²) in [6.07, 6.45) is 0.544. The third kappa shape index (κ3) is 3.59. The Labute approximate surface area is 151 Å². The van der Waals surface area contributed by atoms with Gasteiger partial charge in [0.05, 0.1) is 5.69 Å². The molecule has 2 aromatic rings. The van der Waals surface area contributed by atoms with Crippen LogP contribution in [0.4, 0.5) is 11.4 Å². The number of hydrogen-bond donors (Lipinski definition) is 1. The number of carbonyl (C=O) groups is 3. The van der Waals surface area contributed by atoms with Crippen molar-refractivity contribution in [1.82, 2.24) is 0 Å². The molecule has 0 spiro atoms. The molecule has 1 N–H and O–H groups in total. The van der Waals surface area contributed by atoms with E-state index in [1.54, 1.807) is 24.3 Å². The van der Waals surface area contributed by atoms with Gasteiger partial charge < -0.3 is 10.1 Å². The predicted octanol–water partition coefficient (Wildman–Crippen LogP) is 2.95. The lowest BCUT2D eigenvalue weighted by atomic mass is 10.1. The van der Waals surface area contributed by atoms with Crippen LogP contribution in [0.2, 0.25) is 0 Å². The van der Waals surface area contributed by atoms with Crippen molar-refractivity contribution in [1.29, 1.82) is 0 Å². The molecule has 1 atom stereocenters. The Morgan fingerprint density at radius 2 is 2.08 bits per heavy atom. The molecule has 6 nitrogen and oxygen atoms in total. The monoisotopic (exact) mass is 352 g/mol. The van der Waals surface area contributed by atoms with Crippen LogP contribution in [0.1, 0.15) is 29.3 Å². The van der Waals surface area contributed by atoms with Crippen molar-refractivity contribution in [2.24, 2.45) is 0 Å². The van der Waals surface area contributed by atoms with Gasteiger partial charge in [-0.1, -0.05) is 19.1 Å². The number of fused-ring (bicyclic) bond motifs is 1. The second kappa shape index (κ2) is 7.39. The Bertz CT molecular complexity index is 863. The van der Waals surface area contributed by atoms with Crippen molar-refractivity contribution in [3.8, 4) is 5.75 Å². The second-order valence-corrected chi connectivity index (χ2v) is 6.20. The highest BCUT2D eigenvalue weighted by Crippen LogP contribution is 2.35. The molecular weight excluding hydrogens is 332 g/mol. The predicted molar refractivity (Wildman–Crippen MR) is 98.7 cm³/mol. The van der Waals surface area contributed by atoms with E-state index in [0.29, 0.717) is 35.4 Å². The van der Waals surface area contributed by atoms with Crippen molar-refractivity contribution in [2.75, 3.05) is 16.8 Å². The van der Waals surface area contributed by atoms with Gasteiger partial charge in [-0.3, -0.25) is 19.3 Å². The average Bonchev–Trinajstić information content (AvgIpc) is 2.63. The lowest BCUT2D eigenvalue weighted by Crippen LogP contribution is -2.48. The highest BCUT2D eigenvalue weighted by molar-refractivity contribution is 6.06. The van der Waals surface area contributed by atoms with E-state index in [1.165, 1.54) is 4.90 Å². The van der Waals surface area contributed by atoms with Crippen LogP contribution in [0.15, 0.2) is 42.5 Å². The highest BCUT2D eigenvalue weighted by atomic mass is 16.5. The number of amides is 2. The van der Waals surface area contributed by atoms with E-state index in [2.05, 4.69) is 5.32 Å². The van der Waals surface area contributed by atoms with Crippen molar-refractivity contribution >= 4 is 29.5 Å². The first-order valence-electron chi connectivity index (χ1n) is 8.45. The van der Waals surface area contributed by atoms with Gasteiger partial charge in [0, 0.05) is 11.3 Å². The van der Waals surface area contributed by atoms with E-state index in [9.17, 15) is 14.4 Å². The maximum Gasteiger partial charge on any atom is 0.268 e. The molecule has 2 amide bonds. The Balaban J connectivity index is 1.86. The topological polar surface area (TPSA) is 75.7 Å². The first kappa shape index (κ1) is 17.7. The molecule has 2 aromatic carbocycles. The average molecular weight is 352 g/mol. The number of anilines is 2. The minimum Gasteiger partial charge on any atom is -0.478 e. The Morgan fingerprint density at radius 3 is 2.77 bits per heavy atom. The summed E-state index contributed by atoms with van der Waals surface area (Å²) in [5.41, 5.74) is 2.55. The van der Waals surface area contributed by atoms with E-state index in [1.807, 2.05) is 32.0 Å². The van der Waals surface area contributed by atoms with Crippen LogP contribution in [0, 0.1) is 6.92 Å². The van der Waals surface area contributed by atoms with E-state index in [4.69, 9.17) is 4.74 Å². The number of rotatable bonds is 5. The molecule has 0 saturated carbocycles. The van der Waals surface area contributed by atoms with Crippen LogP contribution in [-0.2, 0) is 9.59 Å². The maximum absolute atomic E-state index is 12.7. The van der Waals surface area contributed by atoms with E-state index < -0.39 is 6.10 Å². The van der Waals surface area contributed by atoms with E-state index >= 15 is 0 Å². The van der Waals surface area contributed by atoms with Gasteiger partial charge in [0.2, 0.25) is 5.91 Å². The van der Waals surface area contributed by atoms with Crippen LogP contribution in [0.3, 0.4) is 0 Å². The fourth-order valence-corrected chi connectivity index (χ4v) is 2.90. The summed E-state index contributed by atoms with van der Waals surface area (Å²) in [7, 11) is 0. The SMILES string of the molecule is CCC1Oc2ccc(C=O)cc2N(CC(=O)Nc2cccc(C)c2)C1=O. The van der Waals surface area contributed by atoms with E-state index in [0.717, 1.165) is 5.56 Å². The first-order chi connectivity index (χ1) is 12.5. The van der Waals surface area contributed by atoms with Crippen molar-refractivity contribution in [2.45, 2.75) is 26.4 Å². The van der Waals surface area contributed by atoms with Crippen LogP contribution in [0.5, 0.6) is 5.75 Å².